The zero-order chi connectivity index (χ0) is 16.5. The first-order chi connectivity index (χ1) is 10.8. The van der Waals surface area contributed by atoms with Crippen LogP contribution in [0.5, 0.6) is 0 Å². The molecule has 7 heteroatoms. The Balaban J connectivity index is 1.78. The lowest BCUT2D eigenvalue weighted by molar-refractivity contribution is -0.137. The number of hydrogen-bond acceptors (Lipinski definition) is 2. The average Bonchev–Trinajstić information content (AvgIpc) is 3.13. The second-order valence-electron chi connectivity index (χ2n) is 6.18. The highest BCUT2D eigenvalue weighted by Crippen LogP contribution is 2.53. The second kappa shape index (κ2) is 4.60. The van der Waals surface area contributed by atoms with Crippen LogP contribution in [0, 0.1) is 23.7 Å². The van der Waals surface area contributed by atoms with Crippen molar-refractivity contribution in [2.24, 2.45) is 23.7 Å². The first-order valence-corrected chi connectivity index (χ1v) is 7.59. The molecule has 1 heterocycles. The molecule has 4 rings (SSSR count). The number of alkyl halides is 3. The maximum atomic E-state index is 12.9. The molecule has 0 spiro atoms. The van der Waals surface area contributed by atoms with Crippen LogP contribution in [0.4, 0.5) is 18.9 Å². The monoisotopic (exact) mass is 341 g/mol. The maximum Gasteiger partial charge on any atom is 0.416 e. The summed E-state index contributed by atoms with van der Waals surface area (Å²) in [4.78, 5) is 26.1. The van der Waals surface area contributed by atoms with Crippen molar-refractivity contribution in [1.82, 2.24) is 0 Å². The van der Waals surface area contributed by atoms with Crippen molar-refractivity contribution in [2.75, 3.05) is 4.90 Å². The molecular formula is C16H11ClF3NO2. The summed E-state index contributed by atoms with van der Waals surface area (Å²) in [7, 11) is 0. The quantitative estimate of drug-likeness (QED) is 0.577. The van der Waals surface area contributed by atoms with E-state index in [1.807, 2.05) is 12.2 Å². The fourth-order valence-corrected chi connectivity index (χ4v) is 4.20. The predicted molar refractivity (Wildman–Crippen MR) is 76.7 cm³/mol. The minimum absolute atomic E-state index is 0.00368. The summed E-state index contributed by atoms with van der Waals surface area (Å²) in [5.41, 5.74) is -1.11. The van der Waals surface area contributed by atoms with Crippen molar-refractivity contribution in [1.29, 1.82) is 0 Å². The molecule has 1 aromatic rings. The van der Waals surface area contributed by atoms with Crippen LogP contribution in [0.1, 0.15) is 12.0 Å². The van der Waals surface area contributed by atoms with Crippen LogP contribution in [-0.2, 0) is 15.8 Å². The van der Waals surface area contributed by atoms with Gasteiger partial charge in [-0.25, -0.2) is 4.90 Å². The largest absolute Gasteiger partial charge is 0.416 e. The number of rotatable bonds is 1. The minimum Gasteiger partial charge on any atom is -0.274 e. The number of allylic oxidation sites excluding steroid dienone is 2. The fourth-order valence-electron chi connectivity index (χ4n) is 4.00. The number of anilines is 1. The maximum absolute atomic E-state index is 12.9. The van der Waals surface area contributed by atoms with Crippen molar-refractivity contribution in [3.05, 3.63) is 40.9 Å². The third kappa shape index (κ3) is 1.97. The van der Waals surface area contributed by atoms with E-state index in [9.17, 15) is 22.8 Å². The van der Waals surface area contributed by atoms with Crippen LogP contribution < -0.4 is 4.90 Å². The van der Waals surface area contributed by atoms with Gasteiger partial charge in [0.15, 0.2) is 0 Å². The molecule has 2 amide bonds. The number of carbonyl (C=O) groups is 2. The van der Waals surface area contributed by atoms with Gasteiger partial charge in [0.05, 0.1) is 28.1 Å². The lowest BCUT2D eigenvalue weighted by Gasteiger charge is -2.20. The van der Waals surface area contributed by atoms with E-state index in [2.05, 4.69) is 0 Å². The molecule has 23 heavy (non-hydrogen) atoms. The highest BCUT2D eigenvalue weighted by atomic mass is 35.5. The number of halogens is 4. The number of amides is 2. The Kier molecular flexibility index (Phi) is 2.95. The molecule has 3 nitrogen and oxygen atoms in total. The topological polar surface area (TPSA) is 37.4 Å². The molecule has 2 bridgehead atoms. The predicted octanol–water partition coefficient (Wildman–Crippen LogP) is 3.67. The Bertz CT molecular complexity index is 728. The molecule has 1 saturated heterocycles. The molecule has 2 aliphatic carbocycles. The van der Waals surface area contributed by atoms with E-state index in [0.29, 0.717) is 0 Å². The molecule has 1 aliphatic heterocycles. The Morgan fingerprint density at radius 2 is 1.61 bits per heavy atom. The SMILES string of the molecule is O=C1[C@@H]2[C@@H](C(=O)N1c1cc(C(F)(F)F)ccc1Cl)[C@H]1C=C[C@@H]2C1. The van der Waals surface area contributed by atoms with Gasteiger partial charge in [0.25, 0.3) is 0 Å². The van der Waals surface area contributed by atoms with Gasteiger partial charge in [0.2, 0.25) is 11.8 Å². The minimum atomic E-state index is -4.57. The summed E-state index contributed by atoms with van der Waals surface area (Å²) in [5, 5.41) is -0.0417. The van der Waals surface area contributed by atoms with Crippen molar-refractivity contribution in [3.8, 4) is 0 Å². The van der Waals surface area contributed by atoms with Gasteiger partial charge < -0.3 is 0 Å². The van der Waals surface area contributed by atoms with Crippen LogP contribution in [-0.4, -0.2) is 11.8 Å². The molecule has 120 valence electrons. The lowest BCUT2D eigenvalue weighted by Crippen LogP contribution is -2.33. The molecule has 0 unspecified atom stereocenters. The van der Waals surface area contributed by atoms with Crippen LogP contribution in [0.2, 0.25) is 5.02 Å². The standard InChI is InChI=1S/C16H11ClF3NO2/c17-10-4-3-9(16(18,19)20)6-11(10)21-14(22)12-7-1-2-8(5-7)13(12)15(21)23/h1-4,6-8,12-13H,5H2/t7-,8+,12-,13-/m0/s1. The average molecular weight is 342 g/mol. The van der Waals surface area contributed by atoms with Gasteiger partial charge >= 0.3 is 6.18 Å². The molecule has 0 N–H and O–H groups in total. The summed E-state index contributed by atoms with van der Waals surface area (Å²) < 4.78 is 38.7. The molecular weight excluding hydrogens is 331 g/mol. The number of nitrogens with zero attached hydrogens (tertiary/aromatic N) is 1. The van der Waals surface area contributed by atoms with Gasteiger partial charge in [0.1, 0.15) is 0 Å². The molecule has 4 atom stereocenters. The van der Waals surface area contributed by atoms with E-state index in [4.69, 9.17) is 11.6 Å². The normalized spacial score (nSPS) is 32.1. The first-order valence-electron chi connectivity index (χ1n) is 7.22. The number of hydrogen-bond donors (Lipinski definition) is 0. The van der Waals surface area contributed by atoms with Gasteiger partial charge in [-0.15, -0.1) is 0 Å². The third-order valence-corrected chi connectivity index (χ3v) is 5.30. The smallest absolute Gasteiger partial charge is 0.274 e. The Morgan fingerprint density at radius 3 is 2.13 bits per heavy atom. The van der Waals surface area contributed by atoms with Crippen molar-refractivity contribution < 1.29 is 22.8 Å². The van der Waals surface area contributed by atoms with E-state index in [0.717, 1.165) is 29.5 Å². The zero-order valence-electron chi connectivity index (χ0n) is 11.7. The van der Waals surface area contributed by atoms with E-state index in [1.165, 1.54) is 0 Å². The fraction of sp³-hybridized carbons (Fsp3) is 0.375. The Labute approximate surface area is 134 Å². The number of carbonyl (C=O) groups excluding carboxylic acids is 2. The first kappa shape index (κ1) is 14.8. The second-order valence-corrected chi connectivity index (χ2v) is 6.58. The summed E-state index contributed by atoms with van der Waals surface area (Å²) in [6.07, 6.45) is 0.0428. The van der Waals surface area contributed by atoms with E-state index in [1.54, 1.807) is 0 Å². The highest BCUT2D eigenvalue weighted by Gasteiger charge is 2.59. The van der Waals surface area contributed by atoms with E-state index >= 15 is 0 Å². The molecule has 2 fully saturated rings. The number of benzene rings is 1. The summed E-state index contributed by atoms with van der Waals surface area (Å²) in [6, 6.07) is 2.68. The van der Waals surface area contributed by atoms with Crippen LogP contribution >= 0.6 is 11.6 Å². The third-order valence-electron chi connectivity index (χ3n) is 4.98. The van der Waals surface area contributed by atoms with E-state index in [-0.39, 0.29) is 22.5 Å². The van der Waals surface area contributed by atoms with Crippen molar-refractivity contribution in [3.63, 3.8) is 0 Å². The summed E-state index contributed by atoms with van der Waals surface area (Å²) in [5.74, 6) is -1.84. The van der Waals surface area contributed by atoms with Gasteiger partial charge in [0, 0.05) is 0 Å². The van der Waals surface area contributed by atoms with Gasteiger partial charge in [-0.1, -0.05) is 23.8 Å². The van der Waals surface area contributed by atoms with Crippen molar-refractivity contribution in [2.45, 2.75) is 12.6 Å². The highest BCUT2D eigenvalue weighted by molar-refractivity contribution is 6.36. The molecule has 0 aromatic heterocycles. The van der Waals surface area contributed by atoms with Gasteiger partial charge in [-0.05, 0) is 36.5 Å². The van der Waals surface area contributed by atoms with Crippen LogP contribution in [0.25, 0.3) is 0 Å². The molecule has 1 saturated carbocycles. The Hall–Kier alpha value is -1.82. The number of fused-ring (bicyclic) bond motifs is 5. The van der Waals surface area contributed by atoms with Gasteiger partial charge in [-0.2, -0.15) is 13.2 Å². The van der Waals surface area contributed by atoms with Crippen LogP contribution in [0.15, 0.2) is 30.4 Å². The molecule has 1 aromatic carbocycles. The molecule has 3 aliphatic rings. The zero-order valence-corrected chi connectivity index (χ0v) is 12.4. The number of imide groups is 1. The van der Waals surface area contributed by atoms with Crippen LogP contribution in [0.3, 0.4) is 0 Å². The molecule has 0 radical (unpaired) electrons. The lowest BCUT2D eigenvalue weighted by atomic mass is 9.85. The van der Waals surface area contributed by atoms with Crippen molar-refractivity contribution >= 4 is 29.1 Å². The van der Waals surface area contributed by atoms with E-state index < -0.39 is 35.4 Å². The van der Waals surface area contributed by atoms with Gasteiger partial charge in [-0.3, -0.25) is 9.59 Å². The summed E-state index contributed by atoms with van der Waals surface area (Å²) >= 11 is 5.97. The summed E-state index contributed by atoms with van der Waals surface area (Å²) in [6.45, 7) is 0. The Morgan fingerprint density at radius 1 is 1.04 bits per heavy atom.